The number of Topliss-reactive ketones (excluding diaryl/α,β-unsaturated/α-hetero) is 1. The zero-order valence-corrected chi connectivity index (χ0v) is 14.0. The summed E-state index contributed by atoms with van der Waals surface area (Å²) in [6, 6.07) is 0. The van der Waals surface area contributed by atoms with Crippen LogP contribution in [0.2, 0.25) is 0 Å². The summed E-state index contributed by atoms with van der Waals surface area (Å²) < 4.78 is 0.218. The molecule has 0 aromatic carbocycles. The van der Waals surface area contributed by atoms with Crippen LogP contribution in [0.5, 0.6) is 0 Å². The predicted molar refractivity (Wildman–Crippen MR) is 61.2 cm³/mol. The summed E-state index contributed by atoms with van der Waals surface area (Å²) in [5, 5.41) is 0. The second kappa shape index (κ2) is 15.0. The van der Waals surface area contributed by atoms with Gasteiger partial charge in [0.1, 0.15) is 0 Å². The Hall–Kier alpha value is 0.552. The summed E-state index contributed by atoms with van der Waals surface area (Å²) >= 11 is 0.943. The van der Waals surface area contributed by atoms with Gasteiger partial charge in [0, 0.05) is 0 Å². The number of carbonyl (C=O) groups excluding carboxylic acids is 1. The van der Waals surface area contributed by atoms with E-state index in [1.165, 1.54) is 0 Å². The van der Waals surface area contributed by atoms with E-state index < -0.39 is 0 Å². The fourth-order valence-electron chi connectivity index (χ4n) is 0.493. The molecular formula is C10H24NOPb. The summed E-state index contributed by atoms with van der Waals surface area (Å²) in [6.45, 7) is 12.7. The molecule has 0 heterocycles. The Bertz CT molecular complexity index is 107. The molecule has 0 aliphatic heterocycles. The first kappa shape index (κ1) is 19.2. The fourth-order valence-corrected chi connectivity index (χ4v) is 1.20. The molecule has 0 aliphatic rings. The standard InChI is InChI=1S/C6H12NO.2C2H6.Pb/c1-4-7(3)5-6(2)8;2*1-2;/h5H,4H2,1-3H3;2*1-2H3;. The van der Waals surface area contributed by atoms with Crippen LogP contribution in [0.3, 0.4) is 0 Å². The third kappa shape index (κ3) is 12.6. The first-order chi connectivity index (χ1) is 6.09. The van der Waals surface area contributed by atoms with Gasteiger partial charge in [0.05, 0.1) is 0 Å². The van der Waals surface area contributed by atoms with E-state index in [4.69, 9.17) is 0 Å². The summed E-state index contributed by atoms with van der Waals surface area (Å²) in [5.41, 5.74) is 0. The van der Waals surface area contributed by atoms with Crippen molar-refractivity contribution in [2.75, 3.05) is 13.6 Å². The van der Waals surface area contributed by atoms with Crippen LogP contribution >= 0.6 is 0 Å². The monoisotopic (exact) mass is 382 g/mol. The van der Waals surface area contributed by atoms with Crippen LogP contribution in [0.1, 0.15) is 41.5 Å². The van der Waals surface area contributed by atoms with Crippen molar-refractivity contribution in [1.82, 2.24) is 4.90 Å². The van der Waals surface area contributed by atoms with E-state index in [2.05, 4.69) is 11.8 Å². The SMILES string of the molecule is CC.CC.CCN(C)[CH]([Pb])C(C)=O. The van der Waals surface area contributed by atoms with Gasteiger partial charge >= 0.3 is 72.3 Å². The van der Waals surface area contributed by atoms with Gasteiger partial charge in [-0.05, 0) is 0 Å². The van der Waals surface area contributed by atoms with Crippen molar-refractivity contribution in [3.8, 4) is 0 Å². The third-order valence-electron chi connectivity index (χ3n) is 1.32. The number of ketones is 1. The number of rotatable bonds is 3. The van der Waals surface area contributed by atoms with Crippen LogP contribution in [0, 0.1) is 0 Å². The third-order valence-corrected chi connectivity index (χ3v) is 4.62. The maximum atomic E-state index is 10.7. The number of nitrogens with zero attached hydrogens (tertiary/aromatic N) is 1. The van der Waals surface area contributed by atoms with Gasteiger partial charge in [0.25, 0.3) is 0 Å². The predicted octanol–water partition coefficient (Wildman–Crippen LogP) is 2.07. The summed E-state index contributed by atoms with van der Waals surface area (Å²) in [7, 11) is 1.99. The van der Waals surface area contributed by atoms with Gasteiger partial charge in [-0.15, -0.1) is 0 Å². The van der Waals surface area contributed by atoms with Crippen LogP contribution in [-0.2, 0) is 4.79 Å². The Morgan fingerprint density at radius 2 is 1.62 bits per heavy atom. The zero-order valence-electron chi connectivity index (χ0n) is 10.1. The first-order valence-electron chi connectivity index (χ1n) is 5.01. The molecule has 0 aromatic heterocycles. The van der Waals surface area contributed by atoms with Crippen LogP contribution in [-0.4, -0.2) is 53.6 Å². The van der Waals surface area contributed by atoms with Crippen molar-refractivity contribution >= 4 is 31.6 Å². The topological polar surface area (TPSA) is 20.3 Å². The minimum atomic E-state index is 0.218. The molecule has 1 atom stereocenters. The molecule has 0 aromatic rings. The van der Waals surface area contributed by atoms with E-state index in [9.17, 15) is 4.79 Å². The zero-order chi connectivity index (χ0) is 11.4. The molecule has 79 valence electrons. The molecule has 3 radical (unpaired) electrons. The van der Waals surface area contributed by atoms with Crippen LogP contribution in [0.4, 0.5) is 0 Å². The van der Waals surface area contributed by atoms with Gasteiger partial charge in [-0.2, -0.15) is 0 Å². The van der Waals surface area contributed by atoms with Crippen molar-refractivity contribution in [3.05, 3.63) is 0 Å². The van der Waals surface area contributed by atoms with Gasteiger partial charge in [-0.25, -0.2) is 0 Å². The molecule has 0 bridgehead atoms. The summed E-state index contributed by atoms with van der Waals surface area (Å²) in [5.74, 6) is 0.297. The molecule has 13 heavy (non-hydrogen) atoms. The molecule has 0 saturated heterocycles. The molecule has 0 rings (SSSR count). The second-order valence-electron chi connectivity index (χ2n) is 2.09. The van der Waals surface area contributed by atoms with Gasteiger partial charge in [0.15, 0.2) is 0 Å². The number of hydrogen-bond donors (Lipinski definition) is 0. The van der Waals surface area contributed by atoms with Gasteiger partial charge in [-0.1, -0.05) is 27.7 Å². The van der Waals surface area contributed by atoms with Crippen LogP contribution in [0.15, 0.2) is 0 Å². The van der Waals surface area contributed by atoms with Crippen molar-refractivity contribution < 1.29 is 4.79 Å². The van der Waals surface area contributed by atoms with Crippen molar-refractivity contribution in [3.63, 3.8) is 0 Å². The fraction of sp³-hybridized carbons (Fsp3) is 0.900. The van der Waals surface area contributed by atoms with Crippen LogP contribution < -0.4 is 0 Å². The number of hydrogen-bond acceptors (Lipinski definition) is 2. The Labute approximate surface area is 99.8 Å². The molecule has 0 saturated carbocycles. The van der Waals surface area contributed by atoms with Gasteiger partial charge < -0.3 is 0 Å². The molecular weight excluding hydrogens is 357 g/mol. The minimum absolute atomic E-state index is 0.218. The van der Waals surface area contributed by atoms with Crippen molar-refractivity contribution in [2.45, 2.75) is 45.1 Å². The van der Waals surface area contributed by atoms with Gasteiger partial charge in [0.2, 0.25) is 0 Å². The van der Waals surface area contributed by atoms with Crippen LogP contribution in [0.25, 0.3) is 0 Å². The molecule has 0 spiro atoms. The maximum absolute atomic E-state index is 10.7. The number of carbonyl (C=O) groups is 1. The molecule has 0 amide bonds. The normalized spacial score (nSPS) is 10.5. The summed E-state index contributed by atoms with van der Waals surface area (Å²) in [4.78, 5) is 12.8. The molecule has 0 aliphatic carbocycles. The van der Waals surface area contributed by atoms with E-state index in [1.807, 2.05) is 34.7 Å². The Morgan fingerprint density at radius 1 is 1.31 bits per heavy atom. The Balaban J connectivity index is -0.000000218. The molecule has 3 heteroatoms. The molecule has 0 fully saturated rings. The van der Waals surface area contributed by atoms with Crippen molar-refractivity contribution in [1.29, 1.82) is 0 Å². The second-order valence-corrected chi connectivity index (χ2v) is 4.21. The van der Waals surface area contributed by atoms with Gasteiger partial charge in [-0.3, -0.25) is 0 Å². The van der Waals surface area contributed by atoms with E-state index in [0.29, 0.717) is 5.78 Å². The molecule has 1 unspecified atom stereocenters. The van der Waals surface area contributed by atoms with Crippen molar-refractivity contribution in [2.24, 2.45) is 0 Å². The number of likely N-dealkylation sites (N-methyl/N-ethyl adjacent to an activating group) is 1. The first-order valence-corrected chi connectivity index (χ1v) is 7.25. The Morgan fingerprint density at radius 3 is 1.69 bits per heavy atom. The quantitative estimate of drug-likeness (QED) is 0.698. The summed E-state index contributed by atoms with van der Waals surface area (Å²) in [6.07, 6.45) is 0. The Kier molecular flexibility index (Phi) is 22.2. The van der Waals surface area contributed by atoms with E-state index in [0.717, 1.165) is 32.3 Å². The van der Waals surface area contributed by atoms with E-state index in [-0.39, 0.29) is 3.60 Å². The van der Waals surface area contributed by atoms with E-state index in [1.54, 1.807) is 6.92 Å². The molecule has 2 nitrogen and oxygen atoms in total. The molecule has 0 N–H and O–H groups in total. The average molecular weight is 382 g/mol. The van der Waals surface area contributed by atoms with E-state index >= 15 is 0 Å². The average Bonchev–Trinajstić information content (AvgIpc) is 2.21.